The number of nitrogens with one attached hydrogen (secondary N) is 3. The molecule has 0 spiro atoms. The van der Waals surface area contributed by atoms with Crippen molar-refractivity contribution in [2.75, 3.05) is 17.7 Å². The predicted octanol–water partition coefficient (Wildman–Crippen LogP) is 2.72. The molecule has 152 valence electrons. The van der Waals surface area contributed by atoms with Crippen LogP contribution in [-0.2, 0) is 20.8 Å². The van der Waals surface area contributed by atoms with Gasteiger partial charge in [0.15, 0.2) is 0 Å². The molecule has 0 radical (unpaired) electrons. The van der Waals surface area contributed by atoms with Crippen LogP contribution in [0.3, 0.4) is 0 Å². The lowest BCUT2D eigenvalue weighted by molar-refractivity contribution is -0.136. The van der Waals surface area contributed by atoms with Gasteiger partial charge >= 0.3 is 11.8 Å². The molecule has 0 saturated carbocycles. The third kappa shape index (κ3) is 7.10. The average molecular weight is 396 g/mol. The number of anilines is 2. The Bertz CT molecular complexity index is 907. The molecule has 3 N–H and O–H groups in total. The van der Waals surface area contributed by atoms with Crippen LogP contribution in [0.5, 0.6) is 5.75 Å². The molecule has 0 bridgehead atoms. The summed E-state index contributed by atoms with van der Waals surface area (Å²) in [5.74, 6) is -1.45. The van der Waals surface area contributed by atoms with Crippen LogP contribution >= 0.6 is 0 Å². The Balaban J connectivity index is 1.83. The highest BCUT2D eigenvalue weighted by molar-refractivity contribution is 6.39. The SMILES string of the molecule is CCc1ccc(NC(=O)C(=O)N/N=C(\C)CC(=O)Nc2cccc(OC)c2)cc1. The number of aryl methyl sites for hydroxylation is 1. The van der Waals surface area contributed by atoms with Crippen LogP contribution in [0.2, 0.25) is 0 Å². The molecule has 0 unspecified atom stereocenters. The molecule has 0 fully saturated rings. The van der Waals surface area contributed by atoms with Crippen molar-refractivity contribution in [3.63, 3.8) is 0 Å². The molecule has 29 heavy (non-hydrogen) atoms. The Kier molecular flexibility index (Phi) is 7.90. The van der Waals surface area contributed by atoms with Crippen molar-refractivity contribution in [2.45, 2.75) is 26.7 Å². The molecule has 0 aliphatic rings. The summed E-state index contributed by atoms with van der Waals surface area (Å²) in [5.41, 5.74) is 4.72. The highest BCUT2D eigenvalue weighted by atomic mass is 16.5. The van der Waals surface area contributed by atoms with Gasteiger partial charge in [0.05, 0.1) is 13.5 Å². The summed E-state index contributed by atoms with van der Waals surface area (Å²) >= 11 is 0. The Hall–Kier alpha value is -3.68. The first kappa shape index (κ1) is 21.6. The molecule has 2 aromatic carbocycles. The number of nitrogens with zero attached hydrogens (tertiary/aromatic N) is 1. The molecule has 0 heterocycles. The zero-order valence-electron chi connectivity index (χ0n) is 16.6. The summed E-state index contributed by atoms with van der Waals surface area (Å²) in [5, 5.41) is 9.00. The monoisotopic (exact) mass is 396 g/mol. The minimum Gasteiger partial charge on any atom is -0.497 e. The van der Waals surface area contributed by atoms with Gasteiger partial charge in [-0.15, -0.1) is 0 Å². The number of hydrazone groups is 1. The molecule has 3 amide bonds. The van der Waals surface area contributed by atoms with Crippen molar-refractivity contribution in [3.8, 4) is 5.75 Å². The maximum absolute atomic E-state index is 12.1. The summed E-state index contributed by atoms with van der Waals surface area (Å²) < 4.78 is 5.10. The van der Waals surface area contributed by atoms with Crippen LogP contribution in [0, 0.1) is 0 Å². The van der Waals surface area contributed by atoms with E-state index in [1.807, 2.05) is 19.1 Å². The lowest BCUT2D eigenvalue weighted by atomic mass is 10.1. The summed E-state index contributed by atoms with van der Waals surface area (Å²) in [6.45, 7) is 3.60. The van der Waals surface area contributed by atoms with E-state index < -0.39 is 11.8 Å². The first-order chi connectivity index (χ1) is 13.9. The molecule has 0 aliphatic heterocycles. The van der Waals surface area contributed by atoms with Crippen molar-refractivity contribution in [2.24, 2.45) is 5.10 Å². The summed E-state index contributed by atoms with van der Waals surface area (Å²) in [6.07, 6.45) is 0.839. The minimum atomic E-state index is -0.919. The number of amides is 3. The molecule has 0 atom stereocenters. The highest BCUT2D eigenvalue weighted by Crippen LogP contribution is 2.16. The molecular formula is C21H24N4O4. The van der Waals surface area contributed by atoms with Gasteiger partial charge in [0.25, 0.3) is 0 Å². The molecule has 0 saturated heterocycles. The topological polar surface area (TPSA) is 109 Å². The summed E-state index contributed by atoms with van der Waals surface area (Å²) in [4.78, 5) is 35.9. The summed E-state index contributed by atoms with van der Waals surface area (Å²) in [6, 6.07) is 14.1. The van der Waals surface area contributed by atoms with Crippen LogP contribution < -0.4 is 20.8 Å². The van der Waals surface area contributed by atoms with E-state index in [0.29, 0.717) is 22.8 Å². The first-order valence-corrected chi connectivity index (χ1v) is 9.08. The second-order valence-corrected chi connectivity index (χ2v) is 6.25. The van der Waals surface area contributed by atoms with Gasteiger partial charge in [0, 0.05) is 23.2 Å². The molecule has 8 heteroatoms. The normalized spacial score (nSPS) is 10.8. The Morgan fingerprint density at radius 3 is 2.34 bits per heavy atom. The van der Waals surface area contributed by atoms with E-state index >= 15 is 0 Å². The van der Waals surface area contributed by atoms with Gasteiger partial charge in [0.1, 0.15) is 5.75 Å². The second kappa shape index (κ2) is 10.6. The predicted molar refractivity (Wildman–Crippen MR) is 112 cm³/mol. The zero-order chi connectivity index (χ0) is 21.2. The number of rotatable bonds is 7. The van der Waals surface area contributed by atoms with Gasteiger partial charge < -0.3 is 15.4 Å². The van der Waals surface area contributed by atoms with E-state index in [1.54, 1.807) is 43.3 Å². The van der Waals surface area contributed by atoms with Crippen molar-refractivity contribution in [1.29, 1.82) is 0 Å². The fourth-order valence-corrected chi connectivity index (χ4v) is 2.39. The fraction of sp³-hybridized carbons (Fsp3) is 0.238. The maximum atomic E-state index is 12.1. The second-order valence-electron chi connectivity index (χ2n) is 6.25. The van der Waals surface area contributed by atoms with Crippen LogP contribution in [0.4, 0.5) is 11.4 Å². The maximum Gasteiger partial charge on any atom is 0.329 e. The van der Waals surface area contributed by atoms with Crippen LogP contribution in [0.25, 0.3) is 0 Å². The number of hydrogen-bond acceptors (Lipinski definition) is 5. The van der Waals surface area contributed by atoms with Gasteiger partial charge in [-0.3, -0.25) is 14.4 Å². The standard InChI is InChI=1S/C21H24N4O4/c1-4-15-8-10-16(11-9-15)23-20(27)21(28)25-24-14(2)12-19(26)22-17-6-5-7-18(13-17)29-3/h5-11,13H,4,12H2,1-3H3,(H,22,26)(H,23,27)(H,25,28)/b24-14+. The van der Waals surface area contributed by atoms with Gasteiger partial charge in [-0.2, -0.15) is 5.10 Å². The van der Waals surface area contributed by atoms with E-state index in [4.69, 9.17) is 4.74 Å². The van der Waals surface area contributed by atoms with Crippen molar-refractivity contribution < 1.29 is 19.1 Å². The van der Waals surface area contributed by atoms with Crippen LogP contribution in [0.1, 0.15) is 25.8 Å². The fourth-order valence-electron chi connectivity index (χ4n) is 2.39. The molecule has 0 aliphatic carbocycles. The molecule has 2 aromatic rings. The zero-order valence-corrected chi connectivity index (χ0v) is 16.6. The van der Waals surface area contributed by atoms with Gasteiger partial charge in [-0.1, -0.05) is 25.1 Å². The first-order valence-electron chi connectivity index (χ1n) is 9.08. The van der Waals surface area contributed by atoms with Crippen LogP contribution in [-0.4, -0.2) is 30.5 Å². The average Bonchev–Trinajstić information content (AvgIpc) is 2.72. The Morgan fingerprint density at radius 2 is 1.69 bits per heavy atom. The molecular weight excluding hydrogens is 372 g/mol. The number of benzene rings is 2. The molecule has 2 rings (SSSR count). The van der Waals surface area contributed by atoms with Gasteiger partial charge in [0.2, 0.25) is 5.91 Å². The Labute approximate surface area is 169 Å². The van der Waals surface area contributed by atoms with Gasteiger partial charge in [-0.25, -0.2) is 5.43 Å². The van der Waals surface area contributed by atoms with Crippen molar-refractivity contribution >= 4 is 34.8 Å². The van der Waals surface area contributed by atoms with Crippen molar-refractivity contribution in [1.82, 2.24) is 5.43 Å². The third-order valence-electron chi connectivity index (χ3n) is 3.94. The van der Waals surface area contributed by atoms with E-state index in [9.17, 15) is 14.4 Å². The van der Waals surface area contributed by atoms with Crippen LogP contribution in [0.15, 0.2) is 53.6 Å². The summed E-state index contributed by atoms with van der Waals surface area (Å²) in [7, 11) is 1.54. The lowest BCUT2D eigenvalue weighted by Crippen LogP contribution is -2.33. The van der Waals surface area contributed by atoms with Gasteiger partial charge in [-0.05, 0) is 43.2 Å². The number of hydrogen-bond donors (Lipinski definition) is 3. The number of carbonyl (C=O) groups is 3. The molecule has 0 aromatic heterocycles. The Morgan fingerprint density at radius 1 is 0.966 bits per heavy atom. The quantitative estimate of drug-likeness (QED) is 0.380. The minimum absolute atomic E-state index is 0.0441. The van der Waals surface area contributed by atoms with E-state index in [0.717, 1.165) is 12.0 Å². The van der Waals surface area contributed by atoms with E-state index in [1.165, 1.54) is 7.11 Å². The number of methoxy groups -OCH3 is 1. The lowest BCUT2D eigenvalue weighted by Gasteiger charge is -2.07. The van der Waals surface area contributed by atoms with E-state index in [2.05, 4.69) is 21.2 Å². The van der Waals surface area contributed by atoms with Crippen molar-refractivity contribution in [3.05, 3.63) is 54.1 Å². The number of ether oxygens (including phenoxy) is 1. The third-order valence-corrected chi connectivity index (χ3v) is 3.94. The highest BCUT2D eigenvalue weighted by Gasteiger charge is 2.13. The smallest absolute Gasteiger partial charge is 0.329 e. The largest absolute Gasteiger partial charge is 0.497 e. The van der Waals surface area contributed by atoms with E-state index in [-0.39, 0.29) is 12.3 Å². The number of carbonyl (C=O) groups excluding carboxylic acids is 3. The molecule has 8 nitrogen and oxygen atoms in total.